The van der Waals surface area contributed by atoms with Crippen LogP contribution >= 0.6 is 0 Å². The Morgan fingerprint density at radius 3 is 1.79 bits per heavy atom. The summed E-state index contributed by atoms with van der Waals surface area (Å²) < 4.78 is 5.18. The normalized spacial score (nSPS) is 12.6. The molecular weight excluding hydrogens is 238 g/mol. The quantitative estimate of drug-likeness (QED) is 0.546. The van der Waals surface area contributed by atoms with Gasteiger partial charge in [-0.1, -0.05) is 48.1 Å². The summed E-state index contributed by atoms with van der Waals surface area (Å²) in [4.78, 5) is 13.7. The lowest BCUT2D eigenvalue weighted by Gasteiger charge is -2.34. The van der Waals surface area contributed by atoms with Crippen molar-refractivity contribution in [3.8, 4) is 0 Å². The Morgan fingerprint density at radius 2 is 1.47 bits per heavy atom. The van der Waals surface area contributed by atoms with Crippen LogP contribution in [0.1, 0.15) is 48.5 Å². The summed E-state index contributed by atoms with van der Waals surface area (Å²) in [5, 5.41) is 0. The molecule has 0 aliphatic carbocycles. The van der Waals surface area contributed by atoms with E-state index < -0.39 is 0 Å². The van der Waals surface area contributed by atoms with Gasteiger partial charge in [0.25, 0.3) is 0 Å². The van der Waals surface area contributed by atoms with E-state index in [1.165, 1.54) is 0 Å². The number of esters is 1. The Hall–Kier alpha value is -0.830. The SMILES string of the molecule is C=C(C)C(=O)OCCN(CC(C)(C)C)CC(C)(C)C. The lowest BCUT2D eigenvalue weighted by molar-refractivity contribution is -0.139. The Kier molecular flexibility index (Phi) is 6.78. The summed E-state index contributed by atoms with van der Waals surface area (Å²) >= 11 is 0. The van der Waals surface area contributed by atoms with Gasteiger partial charge in [-0.15, -0.1) is 0 Å². The molecule has 0 aromatic carbocycles. The first kappa shape index (κ1) is 18.2. The fourth-order valence-corrected chi connectivity index (χ4v) is 1.95. The van der Waals surface area contributed by atoms with Gasteiger partial charge in [-0.3, -0.25) is 4.90 Å². The molecule has 0 saturated heterocycles. The van der Waals surface area contributed by atoms with Crippen LogP contribution in [-0.2, 0) is 9.53 Å². The highest BCUT2D eigenvalue weighted by molar-refractivity contribution is 5.86. The number of hydrogen-bond donors (Lipinski definition) is 0. The predicted octanol–water partition coefficient (Wildman–Crippen LogP) is 3.50. The highest BCUT2D eigenvalue weighted by Gasteiger charge is 2.21. The third-order valence-corrected chi connectivity index (χ3v) is 2.39. The zero-order chi connectivity index (χ0) is 15.3. The second kappa shape index (κ2) is 7.09. The van der Waals surface area contributed by atoms with Crippen molar-refractivity contribution < 1.29 is 9.53 Å². The summed E-state index contributed by atoms with van der Waals surface area (Å²) in [6.07, 6.45) is 0. The second-order valence-corrected chi connectivity index (χ2v) is 7.75. The third kappa shape index (κ3) is 10.8. The fourth-order valence-electron chi connectivity index (χ4n) is 1.95. The number of ether oxygens (including phenoxy) is 1. The van der Waals surface area contributed by atoms with Gasteiger partial charge in [0.15, 0.2) is 0 Å². The van der Waals surface area contributed by atoms with Crippen molar-refractivity contribution in [3.63, 3.8) is 0 Å². The molecular formula is C16H31NO2. The van der Waals surface area contributed by atoms with Crippen molar-refractivity contribution in [2.45, 2.75) is 48.5 Å². The van der Waals surface area contributed by atoms with Crippen molar-refractivity contribution in [2.75, 3.05) is 26.2 Å². The fraction of sp³-hybridized carbons (Fsp3) is 0.812. The lowest BCUT2D eigenvalue weighted by atomic mass is 9.92. The number of rotatable bonds is 6. The van der Waals surface area contributed by atoms with Crippen LogP contribution in [0, 0.1) is 10.8 Å². The standard InChI is InChI=1S/C16H31NO2/c1-13(2)14(18)19-10-9-17(11-15(3,4)5)12-16(6,7)8/h1,9-12H2,2-8H3. The summed E-state index contributed by atoms with van der Waals surface area (Å²) in [5.74, 6) is -0.300. The van der Waals surface area contributed by atoms with Crippen LogP contribution in [0.5, 0.6) is 0 Å². The number of nitrogens with zero attached hydrogens (tertiary/aromatic N) is 1. The van der Waals surface area contributed by atoms with E-state index in [0.29, 0.717) is 12.2 Å². The maximum Gasteiger partial charge on any atom is 0.333 e. The monoisotopic (exact) mass is 269 g/mol. The molecule has 3 heteroatoms. The van der Waals surface area contributed by atoms with Gasteiger partial charge >= 0.3 is 5.97 Å². The van der Waals surface area contributed by atoms with E-state index in [4.69, 9.17) is 4.74 Å². The molecule has 0 saturated carbocycles. The molecule has 0 atom stereocenters. The molecule has 0 amide bonds. The predicted molar refractivity (Wildman–Crippen MR) is 81.1 cm³/mol. The Balaban J connectivity index is 4.35. The zero-order valence-electron chi connectivity index (χ0n) is 13.8. The van der Waals surface area contributed by atoms with E-state index >= 15 is 0 Å². The van der Waals surface area contributed by atoms with Crippen LogP contribution in [0.15, 0.2) is 12.2 Å². The molecule has 0 bridgehead atoms. The van der Waals surface area contributed by atoms with Crippen molar-refractivity contribution in [1.29, 1.82) is 0 Å². The summed E-state index contributed by atoms with van der Waals surface area (Å²) in [6.45, 7) is 21.8. The van der Waals surface area contributed by atoms with Crippen LogP contribution in [0.2, 0.25) is 0 Å². The molecule has 3 nitrogen and oxygen atoms in total. The van der Waals surface area contributed by atoms with Gasteiger partial charge in [0, 0.05) is 25.2 Å². The van der Waals surface area contributed by atoms with Crippen LogP contribution in [0.4, 0.5) is 0 Å². The van der Waals surface area contributed by atoms with E-state index in [1.807, 2.05) is 0 Å². The summed E-state index contributed by atoms with van der Waals surface area (Å²) in [5.41, 5.74) is 0.936. The molecule has 19 heavy (non-hydrogen) atoms. The topological polar surface area (TPSA) is 29.5 Å². The van der Waals surface area contributed by atoms with Crippen molar-refractivity contribution in [3.05, 3.63) is 12.2 Å². The zero-order valence-corrected chi connectivity index (χ0v) is 13.8. The lowest BCUT2D eigenvalue weighted by Crippen LogP contribution is -2.40. The van der Waals surface area contributed by atoms with Crippen LogP contribution in [0.3, 0.4) is 0 Å². The van der Waals surface area contributed by atoms with Crippen LogP contribution < -0.4 is 0 Å². The minimum Gasteiger partial charge on any atom is -0.461 e. The molecule has 0 unspecified atom stereocenters. The Labute approximate surface area is 119 Å². The van der Waals surface area contributed by atoms with E-state index in [-0.39, 0.29) is 16.8 Å². The molecule has 0 aliphatic rings. The van der Waals surface area contributed by atoms with E-state index in [1.54, 1.807) is 6.92 Å². The number of carbonyl (C=O) groups excluding carboxylic acids is 1. The first-order valence-corrected chi connectivity index (χ1v) is 6.96. The molecule has 0 rings (SSSR count). The largest absolute Gasteiger partial charge is 0.461 e. The van der Waals surface area contributed by atoms with Gasteiger partial charge in [0.1, 0.15) is 6.61 Å². The maximum absolute atomic E-state index is 11.4. The first-order chi connectivity index (χ1) is 8.41. The summed E-state index contributed by atoms with van der Waals surface area (Å²) in [6, 6.07) is 0. The van der Waals surface area contributed by atoms with Gasteiger partial charge in [-0.25, -0.2) is 4.79 Å². The van der Waals surface area contributed by atoms with Crippen molar-refractivity contribution in [1.82, 2.24) is 4.90 Å². The molecule has 112 valence electrons. The van der Waals surface area contributed by atoms with Crippen LogP contribution in [-0.4, -0.2) is 37.1 Å². The first-order valence-electron chi connectivity index (χ1n) is 6.96. The molecule has 0 fully saturated rings. The van der Waals surface area contributed by atoms with E-state index in [9.17, 15) is 4.79 Å². The molecule has 0 N–H and O–H groups in total. The molecule has 0 aliphatic heterocycles. The van der Waals surface area contributed by atoms with E-state index in [0.717, 1.165) is 19.6 Å². The molecule has 0 heterocycles. The summed E-state index contributed by atoms with van der Waals surface area (Å²) in [7, 11) is 0. The maximum atomic E-state index is 11.4. The van der Waals surface area contributed by atoms with Crippen molar-refractivity contribution in [2.24, 2.45) is 10.8 Å². The smallest absolute Gasteiger partial charge is 0.333 e. The van der Waals surface area contributed by atoms with Gasteiger partial charge in [-0.2, -0.15) is 0 Å². The Morgan fingerprint density at radius 1 is 1.05 bits per heavy atom. The third-order valence-electron chi connectivity index (χ3n) is 2.39. The minimum absolute atomic E-state index is 0.240. The van der Waals surface area contributed by atoms with Gasteiger partial charge in [0.2, 0.25) is 0 Å². The highest BCUT2D eigenvalue weighted by atomic mass is 16.5. The van der Waals surface area contributed by atoms with Gasteiger partial charge in [0.05, 0.1) is 0 Å². The average molecular weight is 269 g/mol. The average Bonchev–Trinajstić information content (AvgIpc) is 2.11. The molecule has 0 spiro atoms. The minimum atomic E-state index is -0.300. The van der Waals surface area contributed by atoms with Gasteiger partial charge in [-0.05, 0) is 17.8 Å². The second-order valence-electron chi connectivity index (χ2n) is 7.75. The Bertz CT molecular complexity index is 292. The van der Waals surface area contributed by atoms with E-state index in [2.05, 4.69) is 53.0 Å². The molecule has 0 aromatic heterocycles. The highest BCUT2D eigenvalue weighted by Crippen LogP contribution is 2.20. The van der Waals surface area contributed by atoms with Gasteiger partial charge < -0.3 is 4.74 Å². The van der Waals surface area contributed by atoms with Crippen LogP contribution in [0.25, 0.3) is 0 Å². The molecule has 0 radical (unpaired) electrons. The number of carbonyl (C=O) groups is 1. The molecule has 0 aromatic rings. The van der Waals surface area contributed by atoms with Crippen molar-refractivity contribution >= 4 is 5.97 Å². The number of hydrogen-bond acceptors (Lipinski definition) is 3.